The molecule has 0 saturated carbocycles. The number of hydrogen-bond acceptors (Lipinski definition) is 7. The lowest BCUT2D eigenvalue weighted by Crippen LogP contribution is -2.39. The maximum atomic E-state index is 13.3. The number of carbonyl (C=O) groups excluding carboxylic acids is 1. The maximum absolute atomic E-state index is 13.3. The summed E-state index contributed by atoms with van der Waals surface area (Å²) in [6.45, 7) is 6.08. The van der Waals surface area contributed by atoms with Crippen LogP contribution in [0.3, 0.4) is 0 Å². The zero-order chi connectivity index (χ0) is 26.2. The van der Waals surface area contributed by atoms with Crippen molar-refractivity contribution in [3.63, 3.8) is 0 Å². The number of benzene rings is 2. The number of hydrogen-bond donors (Lipinski definition) is 0. The number of ether oxygens (including phenoxy) is 1. The van der Waals surface area contributed by atoms with Crippen molar-refractivity contribution in [3.05, 3.63) is 83.4 Å². The number of nitrogens with zero attached hydrogens (tertiary/aromatic N) is 3. The topological polar surface area (TPSA) is 81.5 Å². The van der Waals surface area contributed by atoms with Crippen LogP contribution in [0.15, 0.2) is 72.3 Å². The van der Waals surface area contributed by atoms with E-state index < -0.39 is 15.9 Å². The average molecular weight is 552 g/mol. The van der Waals surface area contributed by atoms with E-state index in [4.69, 9.17) is 22.1 Å². The molecule has 2 aliphatic heterocycles. The summed E-state index contributed by atoms with van der Waals surface area (Å²) in [5.74, 6) is 0.525. The van der Waals surface area contributed by atoms with Gasteiger partial charge in [-0.1, -0.05) is 54.8 Å². The molecule has 7 nitrogen and oxygen atoms in total. The van der Waals surface area contributed by atoms with Crippen molar-refractivity contribution in [2.45, 2.75) is 19.4 Å². The quantitative estimate of drug-likeness (QED) is 0.237. The Morgan fingerprint density at radius 2 is 2.03 bits per heavy atom. The lowest BCUT2D eigenvalue weighted by Gasteiger charge is -2.20. The van der Waals surface area contributed by atoms with Crippen LogP contribution in [0.25, 0.3) is 23.0 Å². The first-order valence-electron chi connectivity index (χ1n) is 11.7. The first kappa shape index (κ1) is 25.4. The third kappa shape index (κ3) is 5.27. The van der Waals surface area contributed by atoms with E-state index in [0.29, 0.717) is 27.9 Å². The molecule has 0 aliphatic carbocycles. The first-order valence-corrected chi connectivity index (χ1v) is 14.8. The van der Waals surface area contributed by atoms with Gasteiger partial charge < -0.3 is 4.74 Å². The summed E-state index contributed by atoms with van der Waals surface area (Å²) in [5, 5.41) is 4.85. The second-order valence-electron chi connectivity index (χ2n) is 8.90. The largest absolute Gasteiger partial charge is 0.489 e. The first-order chi connectivity index (χ1) is 17.8. The molecule has 0 bridgehead atoms. The van der Waals surface area contributed by atoms with Gasteiger partial charge in [0.1, 0.15) is 22.4 Å². The smallest absolute Gasteiger partial charge is 0.266 e. The summed E-state index contributed by atoms with van der Waals surface area (Å²) in [7, 11) is -3.15. The molecule has 5 rings (SSSR count). The van der Waals surface area contributed by atoms with Gasteiger partial charge >= 0.3 is 0 Å². The number of thioether (sulfide) groups is 1. The molecule has 190 valence electrons. The van der Waals surface area contributed by atoms with Gasteiger partial charge in [0.25, 0.3) is 5.91 Å². The molecule has 1 unspecified atom stereocenters. The van der Waals surface area contributed by atoms with E-state index in [9.17, 15) is 13.2 Å². The average Bonchev–Trinajstić information content (AvgIpc) is 3.54. The third-order valence-electron chi connectivity index (χ3n) is 6.25. The number of aromatic nitrogens is 2. The molecular formula is C27H25N3O4S3. The molecule has 0 radical (unpaired) electrons. The van der Waals surface area contributed by atoms with Crippen LogP contribution in [0, 0.1) is 6.92 Å². The van der Waals surface area contributed by atoms with E-state index in [1.165, 1.54) is 16.7 Å². The van der Waals surface area contributed by atoms with Crippen molar-refractivity contribution in [3.8, 4) is 22.7 Å². The van der Waals surface area contributed by atoms with Crippen LogP contribution in [0.5, 0.6) is 5.75 Å². The fraction of sp³-hybridized carbons (Fsp3) is 0.222. The Bertz CT molecular complexity index is 1530. The van der Waals surface area contributed by atoms with Gasteiger partial charge in [0.05, 0.1) is 28.1 Å². The van der Waals surface area contributed by atoms with Gasteiger partial charge in [-0.2, -0.15) is 5.10 Å². The predicted molar refractivity (Wildman–Crippen MR) is 151 cm³/mol. The number of aryl methyl sites for hydroxylation is 1. The summed E-state index contributed by atoms with van der Waals surface area (Å²) in [5.41, 5.74) is 4.17. The number of para-hydroxylation sites is 1. The summed E-state index contributed by atoms with van der Waals surface area (Å²) in [6.07, 6.45) is 5.78. The zero-order valence-corrected chi connectivity index (χ0v) is 22.6. The van der Waals surface area contributed by atoms with Crippen molar-refractivity contribution >= 4 is 50.1 Å². The van der Waals surface area contributed by atoms with E-state index in [-0.39, 0.29) is 17.4 Å². The summed E-state index contributed by atoms with van der Waals surface area (Å²) < 4.78 is 31.9. The Morgan fingerprint density at radius 3 is 2.70 bits per heavy atom. The molecule has 2 aromatic carbocycles. The fourth-order valence-corrected chi connectivity index (χ4v) is 7.54. The number of amides is 1. The van der Waals surface area contributed by atoms with Crippen molar-refractivity contribution in [1.82, 2.24) is 14.7 Å². The fourth-order valence-electron chi connectivity index (χ4n) is 4.45. The highest BCUT2D eigenvalue weighted by Crippen LogP contribution is 2.38. The molecule has 2 aliphatic rings. The molecule has 1 aromatic heterocycles. The standard InChI is InChI=1S/C27H25N3O4S3/c1-3-12-34-23-10-9-19(14-18(23)2)25-20(16-29(28-25)21-7-5-4-6-8-21)15-24-26(31)30(27(35)36-24)22-11-13-37(32,33)17-22/h3-10,14-16,22H,1,11-13,17H2,2H3. The Labute approximate surface area is 225 Å². The van der Waals surface area contributed by atoms with Crippen molar-refractivity contribution < 1.29 is 17.9 Å². The Morgan fingerprint density at radius 1 is 1.24 bits per heavy atom. The minimum Gasteiger partial charge on any atom is -0.489 e. The lowest BCUT2D eigenvalue weighted by atomic mass is 10.0. The lowest BCUT2D eigenvalue weighted by molar-refractivity contribution is -0.123. The molecule has 0 N–H and O–H groups in total. The van der Waals surface area contributed by atoms with E-state index >= 15 is 0 Å². The minimum absolute atomic E-state index is 0.0521. The van der Waals surface area contributed by atoms with Gasteiger partial charge in [-0.3, -0.25) is 9.69 Å². The van der Waals surface area contributed by atoms with Crippen molar-refractivity contribution in [2.24, 2.45) is 0 Å². The van der Waals surface area contributed by atoms with Gasteiger partial charge in [-0.05, 0) is 55.3 Å². The number of sulfone groups is 1. The molecule has 2 saturated heterocycles. The highest BCUT2D eigenvalue weighted by Gasteiger charge is 2.42. The molecule has 1 amide bonds. The van der Waals surface area contributed by atoms with E-state index in [2.05, 4.69) is 6.58 Å². The van der Waals surface area contributed by atoms with E-state index in [1.54, 1.807) is 16.8 Å². The van der Waals surface area contributed by atoms with Crippen LogP contribution in [0.4, 0.5) is 0 Å². The monoisotopic (exact) mass is 551 g/mol. The maximum Gasteiger partial charge on any atom is 0.266 e. The van der Waals surface area contributed by atoms with Crippen molar-refractivity contribution in [2.75, 3.05) is 18.1 Å². The minimum atomic E-state index is -3.15. The van der Waals surface area contributed by atoms with Gasteiger partial charge in [0, 0.05) is 17.3 Å². The molecule has 1 atom stereocenters. The van der Waals surface area contributed by atoms with Crippen LogP contribution >= 0.6 is 24.0 Å². The summed E-state index contributed by atoms with van der Waals surface area (Å²) >= 11 is 6.68. The highest BCUT2D eigenvalue weighted by molar-refractivity contribution is 8.26. The third-order valence-corrected chi connectivity index (χ3v) is 9.33. The zero-order valence-electron chi connectivity index (χ0n) is 20.2. The number of thiocarbonyl (C=S) groups is 1. The van der Waals surface area contributed by atoms with Gasteiger partial charge in [-0.15, -0.1) is 0 Å². The van der Waals surface area contributed by atoms with Gasteiger partial charge in [-0.25, -0.2) is 13.1 Å². The van der Waals surface area contributed by atoms with Crippen LogP contribution in [0.1, 0.15) is 17.5 Å². The van der Waals surface area contributed by atoms with Crippen molar-refractivity contribution in [1.29, 1.82) is 0 Å². The van der Waals surface area contributed by atoms with Gasteiger partial charge in [0.2, 0.25) is 0 Å². The van der Waals surface area contributed by atoms with Gasteiger partial charge in [0.15, 0.2) is 9.84 Å². The number of rotatable bonds is 7. The van der Waals surface area contributed by atoms with Crippen LogP contribution in [-0.4, -0.2) is 57.5 Å². The molecule has 2 fully saturated rings. The molecule has 37 heavy (non-hydrogen) atoms. The van der Waals surface area contributed by atoms with Crippen LogP contribution < -0.4 is 4.74 Å². The van der Waals surface area contributed by atoms with E-state index in [1.807, 2.05) is 61.7 Å². The Balaban J connectivity index is 1.54. The molecule has 10 heteroatoms. The van der Waals surface area contributed by atoms with E-state index in [0.717, 1.165) is 28.1 Å². The molecular weight excluding hydrogens is 527 g/mol. The van der Waals surface area contributed by atoms with Crippen LogP contribution in [0.2, 0.25) is 0 Å². The summed E-state index contributed by atoms with van der Waals surface area (Å²) in [6, 6.07) is 15.2. The Hall–Kier alpha value is -3.21. The van der Waals surface area contributed by atoms with Crippen LogP contribution in [-0.2, 0) is 14.6 Å². The second kappa shape index (κ2) is 10.3. The Kier molecular flexibility index (Phi) is 7.06. The highest BCUT2D eigenvalue weighted by atomic mass is 32.2. The molecule has 0 spiro atoms. The number of carbonyl (C=O) groups is 1. The second-order valence-corrected chi connectivity index (χ2v) is 12.8. The molecule has 3 heterocycles. The predicted octanol–water partition coefficient (Wildman–Crippen LogP) is 4.80. The molecule has 3 aromatic rings. The SMILES string of the molecule is C=CCOc1ccc(-c2nn(-c3ccccc3)cc2C=C2SC(=S)N(C3CCS(=O)(=O)C3)C2=O)cc1C. The summed E-state index contributed by atoms with van der Waals surface area (Å²) in [4.78, 5) is 15.3. The normalized spacial score (nSPS) is 20.1.